The largest absolute Gasteiger partial charge is 0.480 e. The second-order valence-corrected chi connectivity index (χ2v) is 3.23. The molecule has 0 aromatic rings. The number of ether oxygens (including phenoxy) is 1. The maximum atomic E-state index is 11.2. The van der Waals surface area contributed by atoms with Crippen LogP contribution in [-0.2, 0) is 14.3 Å². The Kier molecular flexibility index (Phi) is 6.64. The van der Waals surface area contributed by atoms with Crippen LogP contribution in [0.2, 0.25) is 0 Å². The minimum Gasteiger partial charge on any atom is -0.480 e. The number of hydrogen-bond acceptors (Lipinski definition) is 4. The Bertz CT molecular complexity index is 219. The lowest BCUT2D eigenvalue weighted by atomic mass is 10.2. The second-order valence-electron chi connectivity index (χ2n) is 3.23. The highest BCUT2D eigenvalue weighted by molar-refractivity contribution is 5.83. The van der Waals surface area contributed by atoms with E-state index in [0.717, 1.165) is 0 Å². The number of carboxylic acids is 1. The standard InChI is InChI=1S/C9H17NO5/c1-6(15-2)3-4-8(12)10-7(5-11)9(13)14/h6-7,11H,3-5H2,1-2H3,(H,10,12)(H,13,14)/t6?,7-/m0/s1. The minimum atomic E-state index is -1.24. The molecule has 0 aliphatic carbocycles. The van der Waals surface area contributed by atoms with Crippen molar-refractivity contribution in [3.05, 3.63) is 0 Å². The summed E-state index contributed by atoms with van der Waals surface area (Å²) in [5.74, 6) is -1.65. The SMILES string of the molecule is COC(C)CCC(=O)N[C@@H](CO)C(=O)O. The summed E-state index contributed by atoms with van der Waals surface area (Å²) in [4.78, 5) is 21.7. The fourth-order valence-electron chi connectivity index (χ4n) is 0.904. The number of rotatable bonds is 7. The van der Waals surface area contributed by atoms with Gasteiger partial charge in [-0.25, -0.2) is 4.79 Å². The number of carboxylic acid groups (broad SMARTS) is 1. The molecule has 15 heavy (non-hydrogen) atoms. The summed E-state index contributed by atoms with van der Waals surface area (Å²) in [6.45, 7) is 1.20. The van der Waals surface area contributed by atoms with Crippen molar-refractivity contribution in [2.75, 3.05) is 13.7 Å². The summed E-state index contributed by atoms with van der Waals surface area (Å²) >= 11 is 0. The lowest BCUT2D eigenvalue weighted by Gasteiger charge is -2.13. The molecule has 0 spiro atoms. The normalized spacial score (nSPS) is 14.3. The summed E-state index contributed by atoms with van der Waals surface area (Å²) in [7, 11) is 1.54. The molecule has 0 saturated carbocycles. The molecule has 6 nitrogen and oxygen atoms in total. The van der Waals surface area contributed by atoms with E-state index >= 15 is 0 Å². The van der Waals surface area contributed by atoms with Crippen LogP contribution in [-0.4, -0.2) is 48.0 Å². The van der Waals surface area contributed by atoms with Crippen molar-refractivity contribution >= 4 is 11.9 Å². The Morgan fingerprint density at radius 3 is 2.47 bits per heavy atom. The van der Waals surface area contributed by atoms with Gasteiger partial charge in [0, 0.05) is 13.5 Å². The van der Waals surface area contributed by atoms with E-state index in [2.05, 4.69) is 5.32 Å². The zero-order chi connectivity index (χ0) is 11.8. The van der Waals surface area contributed by atoms with Crippen LogP contribution in [0.4, 0.5) is 0 Å². The first kappa shape index (κ1) is 13.9. The van der Waals surface area contributed by atoms with Gasteiger partial charge in [-0.2, -0.15) is 0 Å². The number of carbonyl (C=O) groups excluding carboxylic acids is 1. The third-order valence-electron chi connectivity index (χ3n) is 2.00. The van der Waals surface area contributed by atoms with E-state index in [1.165, 1.54) is 7.11 Å². The number of aliphatic hydroxyl groups excluding tert-OH is 1. The summed E-state index contributed by atoms with van der Waals surface area (Å²) in [6, 6.07) is -1.23. The highest BCUT2D eigenvalue weighted by Gasteiger charge is 2.18. The summed E-state index contributed by atoms with van der Waals surface area (Å²) in [6.07, 6.45) is 0.645. The van der Waals surface area contributed by atoms with Gasteiger partial charge < -0.3 is 20.3 Å². The number of carbonyl (C=O) groups is 2. The zero-order valence-electron chi connectivity index (χ0n) is 8.90. The predicted octanol–water partition coefficient (Wildman–Crippen LogP) is -0.637. The molecule has 0 aromatic heterocycles. The van der Waals surface area contributed by atoms with E-state index in [1.54, 1.807) is 0 Å². The number of hydrogen-bond donors (Lipinski definition) is 3. The third kappa shape index (κ3) is 6.03. The third-order valence-corrected chi connectivity index (χ3v) is 2.00. The summed E-state index contributed by atoms with van der Waals surface area (Å²) in [5.41, 5.74) is 0. The topological polar surface area (TPSA) is 95.9 Å². The molecule has 88 valence electrons. The van der Waals surface area contributed by atoms with E-state index in [-0.39, 0.29) is 12.5 Å². The van der Waals surface area contributed by atoms with Crippen LogP contribution in [0, 0.1) is 0 Å². The molecule has 0 aliphatic rings. The maximum absolute atomic E-state index is 11.2. The molecule has 0 aliphatic heterocycles. The van der Waals surface area contributed by atoms with Gasteiger partial charge in [0.05, 0.1) is 12.7 Å². The Balaban J connectivity index is 3.86. The molecule has 1 amide bonds. The van der Waals surface area contributed by atoms with Crippen LogP contribution in [0.15, 0.2) is 0 Å². The van der Waals surface area contributed by atoms with Gasteiger partial charge in [0.2, 0.25) is 5.91 Å². The smallest absolute Gasteiger partial charge is 0.328 e. The second kappa shape index (κ2) is 7.19. The van der Waals surface area contributed by atoms with Gasteiger partial charge in [-0.1, -0.05) is 0 Å². The monoisotopic (exact) mass is 219 g/mol. The molecule has 0 saturated heterocycles. The molecular weight excluding hydrogens is 202 g/mol. The van der Waals surface area contributed by atoms with Crippen molar-refractivity contribution in [3.8, 4) is 0 Å². The fourth-order valence-corrected chi connectivity index (χ4v) is 0.904. The number of amides is 1. The maximum Gasteiger partial charge on any atom is 0.328 e. The van der Waals surface area contributed by atoms with Crippen molar-refractivity contribution in [3.63, 3.8) is 0 Å². The molecular formula is C9H17NO5. The van der Waals surface area contributed by atoms with Gasteiger partial charge in [-0.15, -0.1) is 0 Å². The van der Waals surface area contributed by atoms with E-state index < -0.39 is 24.5 Å². The molecule has 0 rings (SSSR count). The van der Waals surface area contributed by atoms with Crippen LogP contribution in [0.1, 0.15) is 19.8 Å². The van der Waals surface area contributed by atoms with Crippen molar-refractivity contribution in [1.29, 1.82) is 0 Å². The Labute approximate surface area is 88.2 Å². The van der Waals surface area contributed by atoms with Crippen LogP contribution in [0.3, 0.4) is 0 Å². The van der Waals surface area contributed by atoms with Crippen molar-refractivity contribution in [2.24, 2.45) is 0 Å². The number of aliphatic carboxylic acids is 1. The first-order valence-electron chi connectivity index (χ1n) is 4.67. The van der Waals surface area contributed by atoms with Gasteiger partial charge >= 0.3 is 5.97 Å². The van der Waals surface area contributed by atoms with Gasteiger partial charge in [0.25, 0.3) is 0 Å². The minimum absolute atomic E-state index is 0.0480. The van der Waals surface area contributed by atoms with Crippen LogP contribution in [0.25, 0.3) is 0 Å². The van der Waals surface area contributed by atoms with Crippen molar-refractivity contribution in [2.45, 2.75) is 31.9 Å². The van der Waals surface area contributed by atoms with Gasteiger partial charge in [0.1, 0.15) is 6.04 Å². The molecule has 6 heteroatoms. The lowest BCUT2D eigenvalue weighted by Crippen LogP contribution is -2.43. The van der Waals surface area contributed by atoms with Crippen molar-refractivity contribution in [1.82, 2.24) is 5.32 Å². The highest BCUT2D eigenvalue weighted by Crippen LogP contribution is 2.00. The number of nitrogens with one attached hydrogen (secondary N) is 1. The van der Waals surface area contributed by atoms with Gasteiger partial charge in [0.15, 0.2) is 0 Å². The Morgan fingerprint density at radius 2 is 2.07 bits per heavy atom. The van der Waals surface area contributed by atoms with E-state index in [0.29, 0.717) is 6.42 Å². The fraction of sp³-hybridized carbons (Fsp3) is 0.778. The molecule has 2 atom stereocenters. The molecule has 0 fully saturated rings. The molecule has 0 aromatic carbocycles. The van der Waals surface area contributed by atoms with E-state index in [4.69, 9.17) is 14.9 Å². The molecule has 0 bridgehead atoms. The number of aliphatic hydroxyl groups is 1. The average molecular weight is 219 g/mol. The summed E-state index contributed by atoms with van der Waals surface area (Å²) in [5, 5.41) is 19.4. The summed E-state index contributed by atoms with van der Waals surface area (Å²) < 4.78 is 4.93. The van der Waals surface area contributed by atoms with Crippen LogP contribution >= 0.6 is 0 Å². The Hall–Kier alpha value is -1.14. The van der Waals surface area contributed by atoms with Crippen LogP contribution in [0.5, 0.6) is 0 Å². The van der Waals surface area contributed by atoms with E-state index in [9.17, 15) is 9.59 Å². The van der Waals surface area contributed by atoms with Crippen LogP contribution < -0.4 is 5.32 Å². The predicted molar refractivity (Wildman–Crippen MR) is 52.4 cm³/mol. The molecule has 1 unspecified atom stereocenters. The Morgan fingerprint density at radius 1 is 1.47 bits per heavy atom. The highest BCUT2D eigenvalue weighted by atomic mass is 16.5. The van der Waals surface area contributed by atoms with Crippen molar-refractivity contribution < 1.29 is 24.5 Å². The first-order valence-corrected chi connectivity index (χ1v) is 4.67. The lowest BCUT2D eigenvalue weighted by molar-refractivity contribution is -0.143. The zero-order valence-corrected chi connectivity index (χ0v) is 8.90. The van der Waals surface area contributed by atoms with E-state index in [1.807, 2.05) is 6.92 Å². The average Bonchev–Trinajstić information content (AvgIpc) is 2.21. The molecule has 0 radical (unpaired) electrons. The van der Waals surface area contributed by atoms with Gasteiger partial charge in [-0.3, -0.25) is 4.79 Å². The first-order chi connectivity index (χ1) is 7.01. The quantitative estimate of drug-likeness (QED) is 0.529. The number of methoxy groups -OCH3 is 1. The van der Waals surface area contributed by atoms with Gasteiger partial charge in [-0.05, 0) is 13.3 Å². The molecule has 3 N–H and O–H groups in total. The molecule has 0 heterocycles.